The lowest BCUT2D eigenvalue weighted by molar-refractivity contribution is 0.322. The smallest absolute Gasteiger partial charge is 0.151 e. The van der Waals surface area contributed by atoms with E-state index in [0.717, 1.165) is 28.8 Å². The first-order chi connectivity index (χ1) is 14.2. The van der Waals surface area contributed by atoms with Gasteiger partial charge in [0.05, 0.1) is 23.2 Å². The van der Waals surface area contributed by atoms with E-state index in [0.29, 0.717) is 18.0 Å². The molecule has 0 saturated carbocycles. The lowest BCUT2D eigenvalue weighted by Gasteiger charge is -2.07. The van der Waals surface area contributed by atoms with Gasteiger partial charge in [0.25, 0.3) is 0 Å². The third-order valence-electron chi connectivity index (χ3n) is 4.84. The van der Waals surface area contributed by atoms with Crippen molar-refractivity contribution in [1.29, 1.82) is 5.26 Å². The number of nitrogens with zero attached hydrogens (tertiary/aromatic N) is 3. The summed E-state index contributed by atoms with van der Waals surface area (Å²) in [7, 11) is 1.93. The minimum Gasteiger partial charge on any atom is -0.493 e. The lowest BCUT2D eigenvalue weighted by atomic mass is 10.1. The molecule has 0 fully saturated rings. The van der Waals surface area contributed by atoms with Crippen LogP contribution in [0, 0.1) is 11.3 Å². The molecule has 0 bridgehead atoms. The Kier molecular flexibility index (Phi) is 5.40. The minimum absolute atomic E-state index is 0.529. The second-order valence-electron chi connectivity index (χ2n) is 6.81. The topological polar surface area (TPSA) is 50.8 Å². The van der Waals surface area contributed by atoms with Crippen LogP contribution in [0.15, 0.2) is 78.9 Å². The summed E-state index contributed by atoms with van der Waals surface area (Å²) < 4.78 is 7.79. The molecule has 0 aliphatic rings. The summed E-state index contributed by atoms with van der Waals surface area (Å²) in [6.07, 6.45) is 2.72. The zero-order valence-electron chi connectivity index (χ0n) is 16.2. The van der Waals surface area contributed by atoms with E-state index in [1.165, 1.54) is 5.56 Å². The van der Waals surface area contributed by atoms with Gasteiger partial charge in [-0.1, -0.05) is 54.6 Å². The third kappa shape index (κ3) is 4.20. The Bertz CT molecular complexity index is 1180. The van der Waals surface area contributed by atoms with Gasteiger partial charge >= 0.3 is 0 Å². The van der Waals surface area contributed by atoms with E-state index in [4.69, 9.17) is 4.74 Å². The Labute approximate surface area is 170 Å². The number of fused-ring (bicyclic) bond motifs is 1. The monoisotopic (exact) mass is 379 g/mol. The normalized spacial score (nSPS) is 11.4. The number of ether oxygens (including phenoxy) is 1. The van der Waals surface area contributed by atoms with Gasteiger partial charge in [0, 0.05) is 13.5 Å². The molecule has 4 heteroatoms. The van der Waals surface area contributed by atoms with Crippen LogP contribution < -0.4 is 4.74 Å². The molecule has 3 aromatic carbocycles. The van der Waals surface area contributed by atoms with Crippen molar-refractivity contribution >= 4 is 22.7 Å². The maximum atomic E-state index is 9.67. The molecular weight excluding hydrogens is 358 g/mol. The first-order valence-corrected chi connectivity index (χ1v) is 9.55. The molecule has 0 amide bonds. The molecule has 4 aromatic rings. The summed E-state index contributed by atoms with van der Waals surface area (Å²) in [5.41, 5.74) is 4.61. The van der Waals surface area contributed by atoms with E-state index in [9.17, 15) is 5.26 Å². The highest BCUT2D eigenvalue weighted by molar-refractivity contribution is 5.90. The quantitative estimate of drug-likeness (QED) is 0.430. The van der Waals surface area contributed by atoms with E-state index < -0.39 is 0 Å². The van der Waals surface area contributed by atoms with Crippen LogP contribution in [0.2, 0.25) is 0 Å². The summed E-state index contributed by atoms with van der Waals surface area (Å²) in [5.74, 6) is 1.48. The highest BCUT2D eigenvalue weighted by Gasteiger charge is 2.11. The van der Waals surface area contributed by atoms with Gasteiger partial charge in [0.15, 0.2) is 5.82 Å². The molecule has 0 atom stereocenters. The van der Waals surface area contributed by atoms with Crippen molar-refractivity contribution in [2.24, 2.45) is 7.05 Å². The lowest BCUT2D eigenvalue weighted by Crippen LogP contribution is -2.01. The Hall–Kier alpha value is -3.84. The second kappa shape index (κ2) is 8.45. The Morgan fingerprint density at radius 3 is 2.45 bits per heavy atom. The van der Waals surface area contributed by atoms with Crippen LogP contribution in [0.5, 0.6) is 5.75 Å². The maximum Gasteiger partial charge on any atom is 0.151 e. The fourth-order valence-electron chi connectivity index (χ4n) is 3.29. The molecular formula is C25H21N3O. The highest BCUT2D eigenvalue weighted by Crippen LogP contribution is 2.23. The average Bonchev–Trinajstić information content (AvgIpc) is 3.10. The van der Waals surface area contributed by atoms with E-state index in [2.05, 4.69) is 23.2 Å². The van der Waals surface area contributed by atoms with Crippen molar-refractivity contribution in [2.75, 3.05) is 6.61 Å². The number of nitriles is 1. The standard InChI is InChI=1S/C25H21N3O/c1-28-24-10-6-5-9-23(24)27-25(28)21(18-26)17-20-11-13-22(14-12-20)29-16-15-19-7-3-2-4-8-19/h2-14,17H,15-16H2,1H3/b21-17-. The van der Waals surface area contributed by atoms with Gasteiger partial charge in [-0.25, -0.2) is 4.98 Å². The van der Waals surface area contributed by atoms with Crippen LogP contribution >= 0.6 is 0 Å². The minimum atomic E-state index is 0.529. The number of rotatable bonds is 6. The molecule has 0 aliphatic carbocycles. The zero-order chi connectivity index (χ0) is 20.1. The number of benzene rings is 3. The largest absolute Gasteiger partial charge is 0.493 e. The number of aromatic nitrogens is 2. The SMILES string of the molecule is Cn1c(/C(C#N)=C\c2ccc(OCCc3ccccc3)cc2)nc2ccccc21. The van der Waals surface area contributed by atoms with Crippen molar-refractivity contribution in [1.82, 2.24) is 9.55 Å². The van der Waals surface area contributed by atoms with Crippen LogP contribution in [0.1, 0.15) is 17.0 Å². The van der Waals surface area contributed by atoms with E-state index >= 15 is 0 Å². The van der Waals surface area contributed by atoms with Crippen LogP contribution in [0.25, 0.3) is 22.7 Å². The first-order valence-electron chi connectivity index (χ1n) is 9.55. The van der Waals surface area contributed by atoms with Gasteiger partial charge in [-0.2, -0.15) is 5.26 Å². The molecule has 0 aliphatic heterocycles. The van der Waals surface area contributed by atoms with Crippen molar-refractivity contribution in [3.8, 4) is 11.8 Å². The molecule has 4 rings (SSSR count). The summed E-state index contributed by atoms with van der Waals surface area (Å²) in [6, 6.07) is 28.2. The molecule has 0 unspecified atom stereocenters. The predicted molar refractivity (Wildman–Crippen MR) is 116 cm³/mol. The van der Waals surface area contributed by atoms with Gasteiger partial charge in [-0.3, -0.25) is 0 Å². The second-order valence-corrected chi connectivity index (χ2v) is 6.81. The summed E-state index contributed by atoms with van der Waals surface area (Å²) in [6.45, 7) is 0.627. The average molecular weight is 379 g/mol. The van der Waals surface area contributed by atoms with Crippen LogP contribution in [0.4, 0.5) is 0 Å². The van der Waals surface area contributed by atoms with Crippen LogP contribution in [0.3, 0.4) is 0 Å². The molecule has 1 aromatic heterocycles. The third-order valence-corrected chi connectivity index (χ3v) is 4.84. The summed E-state index contributed by atoms with van der Waals surface area (Å²) in [4.78, 5) is 4.61. The molecule has 0 N–H and O–H groups in total. The van der Waals surface area contributed by atoms with Gasteiger partial charge in [0.1, 0.15) is 11.8 Å². The van der Waals surface area contributed by atoms with Gasteiger partial charge < -0.3 is 9.30 Å². The molecule has 29 heavy (non-hydrogen) atoms. The fourth-order valence-corrected chi connectivity index (χ4v) is 3.29. The number of imidazole rings is 1. The molecule has 142 valence electrons. The van der Waals surface area contributed by atoms with E-state index in [-0.39, 0.29) is 0 Å². The first kappa shape index (κ1) is 18.5. The number of hydrogen-bond donors (Lipinski definition) is 0. The van der Waals surface area contributed by atoms with E-state index in [1.807, 2.05) is 84.4 Å². The van der Waals surface area contributed by atoms with Gasteiger partial charge in [0.2, 0.25) is 0 Å². The highest BCUT2D eigenvalue weighted by atomic mass is 16.5. The fraction of sp³-hybridized carbons (Fsp3) is 0.120. The number of allylic oxidation sites excluding steroid dienone is 1. The number of aryl methyl sites for hydroxylation is 1. The molecule has 0 saturated heterocycles. The van der Waals surface area contributed by atoms with Crippen LogP contribution in [-0.4, -0.2) is 16.2 Å². The molecule has 4 nitrogen and oxygen atoms in total. The van der Waals surface area contributed by atoms with Crippen molar-refractivity contribution in [2.45, 2.75) is 6.42 Å². The summed E-state index contributed by atoms with van der Waals surface area (Å²) >= 11 is 0. The van der Waals surface area contributed by atoms with Gasteiger partial charge in [-0.15, -0.1) is 0 Å². The Balaban J connectivity index is 1.48. The van der Waals surface area contributed by atoms with Crippen molar-refractivity contribution in [3.05, 3.63) is 95.8 Å². The van der Waals surface area contributed by atoms with E-state index in [1.54, 1.807) is 0 Å². The Morgan fingerprint density at radius 2 is 1.72 bits per heavy atom. The maximum absolute atomic E-state index is 9.67. The molecule has 1 heterocycles. The molecule has 0 radical (unpaired) electrons. The Morgan fingerprint density at radius 1 is 1.00 bits per heavy atom. The number of hydrogen-bond acceptors (Lipinski definition) is 3. The van der Waals surface area contributed by atoms with Gasteiger partial charge in [-0.05, 0) is 41.5 Å². The molecule has 0 spiro atoms. The zero-order valence-corrected chi connectivity index (χ0v) is 16.2. The van der Waals surface area contributed by atoms with Crippen molar-refractivity contribution < 1.29 is 4.74 Å². The van der Waals surface area contributed by atoms with Crippen molar-refractivity contribution in [3.63, 3.8) is 0 Å². The predicted octanol–water partition coefficient (Wildman–Crippen LogP) is 5.26. The number of para-hydroxylation sites is 2. The van der Waals surface area contributed by atoms with Crippen LogP contribution in [-0.2, 0) is 13.5 Å². The summed E-state index contributed by atoms with van der Waals surface area (Å²) in [5, 5.41) is 9.67.